The number of rotatable bonds is 4. The van der Waals surface area contributed by atoms with E-state index in [1.807, 2.05) is 0 Å². The van der Waals surface area contributed by atoms with Gasteiger partial charge in [-0.15, -0.1) is 0 Å². The van der Waals surface area contributed by atoms with Gasteiger partial charge in [0.25, 0.3) is 0 Å². The summed E-state index contributed by atoms with van der Waals surface area (Å²) in [7, 11) is 1.48. The Labute approximate surface area is 91.8 Å². The van der Waals surface area contributed by atoms with Crippen LogP contribution < -0.4 is 0 Å². The maximum Gasteiger partial charge on any atom is 0.323 e. The summed E-state index contributed by atoms with van der Waals surface area (Å²) in [5.41, 5.74) is 0.507. The summed E-state index contributed by atoms with van der Waals surface area (Å²) in [6, 6.07) is 0.0474. The molecule has 3 nitrogen and oxygen atoms in total. The van der Waals surface area contributed by atoms with E-state index >= 15 is 0 Å². The van der Waals surface area contributed by atoms with Gasteiger partial charge in [-0.2, -0.15) is 0 Å². The summed E-state index contributed by atoms with van der Waals surface area (Å²) in [6.45, 7) is 6.73. The number of nitrogens with zero attached hydrogens (tertiary/aromatic N) is 1. The Hall–Kier alpha value is -0.570. The number of likely N-dealkylation sites (tertiary alicyclic amines) is 1. The van der Waals surface area contributed by atoms with Gasteiger partial charge in [-0.25, -0.2) is 0 Å². The highest BCUT2D eigenvalue weighted by Gasteiger charge is 2.49. The van der Waals surface area contributed by atoms with E-state index in [0.717, 1.165) is 25.4 Å². The van der Waals surface area contributed by atoms with E-state index < -0.39 is 0 Å². The maximum atomic E-state index is 11.4. The van der Waals surface area contributed by atoms with Gasteiger partial charge in [-0.1, -0.05) is 13.8 Å². The third-order valence-electron chi connectivity index (χ3n) is 4.24. The number of hydrogen-bond acceptors (Lipinski definition) is 3. The molecule has 1 heterocycles. The summed E-state index contributed by atoms with van der Waals surface area (Å²) < 4.78 is 4.80. The molecule has 2 fully saturated rings. The first-order chi connectivity index (χ1) is 7.09. The van der Waals surface area contributed by atoms with E-state index in [0.29, 0.717) is 5.41 Å². The van der Waals surface area contributed by atoms with Crippen LogP contribution >= 0.6 is 0 Å². The molecule has 0 spiro atoms. The molecule has 1 saturated heterocycles. The number of carbonyl (C=O) groups is 1. The molecule has 86 valence electrons. The SMILES string of the molecule is COC(=O)C1CCN1CC1(C(C)C)CC1. The van der Waals surface area contributed by atoms with Gasteiger partial charge in [0.2, 0.25) is 0 Å². The van der Waals surface area contributed by atoms with Crippen LogP contribution in [0, 0.1) is 11.3 Å². The van der Waals surface area contributed by atoms with Gasteiger partial charge in [0.05, 0.1) is 7.11 Å². The van der Waals surface area contributed by atoms with Crippen LogP contribution in [0.15, 0.2) is 0 Å². The van der Waals surface area contributed by atoms with Gasteiger partial charge >= 0.3 is 5.97 Å². The lowest BCUT2D eigenvalue weighted by Crippen LogP contribution is -2.55. The van der Waals surface area contributed by atoms with Crippen molar-refractivity contribution in [3.63, 3.8) is 0 Å². The minimum Gasteiger partial charge on any atom is -0.468 e. The number of esters is 1. The molecule has 0 radical (unpaired) electrons. The zero-order valence-electron chi connectivity index (χ0n) is 9.95. The van der Waals surface area contributed by atoms with Crippen molar-refractivity contribution in [2.45, 2.75) is 39.2 Å². The van der Waals surface area contributed by atoms with E-state index in [9.17, 15) is 4.79 Å². The summed E-state index contributed by atoms with van der Waals surface area (Å²) >= 11 is 0. The molecule has 1 saturated carbocycles. The van der Waals surface area contributed by atoms with Crippen molar-refractivity contribution in [2.24, 2.45) is 11.3 Å². The van der Waals surface area contributed by atoms with Crippen LogP contribution in [0.5, 0.6) is 0 Å². The summed E-state index contributed by atoms with van der Waals surface area (Å²) in [6.07, 6.45) is 3.63. The van der Waals surface area contributed by atoms with E-state index in [2.05, 4.69) is 18.7 Å². The Kier molecular flexibility index (Phi) is 2.75. The first-order valence-electron chi connectivity index (χ1n) is 5.91. The summed E-state index contributed by atoms with van der Waals surface area (Å²) in [5, 5.41) is 0. The standard InChI is InChI=1S/C12H21NO2/c1-9(2)12(5-6-12)8-13-7-4-10(13)11(14)15-3/h9-10H,4-8H2,1-3H3. The highest BCUT2D eigenvalue weighted by atomic mass is 16.5. The van der Waals surface area contributed by atoms with E-state index in [1.54, 1.807) is 0 Å². The molecular weight excluding hydrogens is 190 g/mol. The highest BCUT2D eigenvalue weighted by Crippen LogP contribution is 2.53. The molecule has 2 rings (SSSR count). The molecular formula is C12H21NO2. The van der Waals surface area contributed by atoms with E-state index in [4.69, 9.17) is 4.74 Å². The van der Waals surface area contributed by atoms with Crippen molar-refractivity contribution in [3.05, 3.63) is 0 Å². The fraction of sp³-hybridized carbons (Fsp3) is 0.917. The maximum absolute atomic E-state index is 11.4. The van der Waals surface area contributed by atoms with Crippen LogP contribution in [0.3, 0.4) is 0 Å². The highest BCUT2D eigenvalue weighted by molar-refractivity contribution is 5.76. The molecule has 1 aliphatic carbocycles. The molecule has 0 aromatic rings. The average Bonchev–Trinajstić information content (AvgIpc) is 2.93. The Bertz CT molecular complexity index is 258. The molecule has 15 heavy (non-hydrogen) atoms. The van der Waals surface area contributed by atoms with E-state index in [-0.39, 0.29) is 12.0 Å². The molecule has 0 aromatic heterocycles. The lowest BCUT2D eigenvalue weighted by Gasteiger charge is -2.41. The van der Waals surface area contributed by atoms with Gasteiger partial charge in [0.1, 0.15) is 6.04 Å². The fourth-order valence-electron chi connectivity index (χ4n) is 2.52. The van der Waals surface area contributed by atoms with Crippen LogP contribution in [0.4, 0.5) is 0 Å². The lowest BCUT2D eigenvalue weighted by molar-refractivity contribution is -0.152. The Balaban J connectivity index is 1.88. The quantitative estimate of drug-likeness (QED) is 0.662. The van der Waals surface area contributed by atoms with Crippen molar-refractivity contribution in [1.29, 1.82) is 0 Å². The predicted molar refractivity (Wildman–Crippen MR) is 58.5 cm³/mol. The molecule has 0 amide bonds. The second-order valence-corrected chi connectivity index (χ2v) is 5.32. The van der Waals surface area contributed by atoms with Crippen molar-refractivity contribution in [3.8, 4) is 0 Å². The molecule has 1 unspecified atom stereocenters. The first kappa shape index (κ1) is 10.9. The van der Waals surface area contributed by atoms with Crippen molar-refractivity contribution in [2.75, 3.05) is 20.2 Å². The third kappa shape index (κ3) is 1.89. The second kappa shape index (κ2) is 3.78. The number of methoxy groups -OCH3 is 1. The third-order valence-corrected chi connectivity index (χ3v) is 4.24. The first-order valence-corrected chi connectivity index (χ1v) is 5.91. The van der Waals surface area contributed by atoms with Crippen molar-refractivity contribution >= 4 is 5.97 Å². The molecule has 0 aromatic carbocycles. The second-order valence-electron chi connectivity index (χ2n) is 5.32. The molecule has 3 heteroatoms. The predicted octanol–water partition coefficient (Wildman–Crippen LogP) is 1.67. The molecule has 0 bridgehead atoms. The van der Waals surface area contributed by atoms with Gasteiger partial charge in [-0.3, -0.25) is 9.69 Å². The number of ether oxygens (including phenoxy) is 1. The Morgan fingerprint density at radius 2 is 2.20 bits per heavy atom. The zero-order chi connectivity index (χ0) is 11.1. The minimum atomic E-state index is -0.0548. The molecule has 2 aliphatic rings. The van der Waals surface area contributed by atoms with Crippen LogP contribution in [0.1, 0.15) is 33.1 Å². The van der Waals surface area contributed by atoms with Gasteiger partial charge < -0.3 is 4.74 Å². The Morgan fingerprint density at radius 3 is 2.53 bits per heavy atom. The average molecular weight is 211 g/mol. The molecule has 1 atom stereocenters. The smallest absolute Gasteiger partial charge is 0.323 e. The van der Waals surface area contributed by atoms with Crippen LogP contribution in [-0.4, -0.2) is 37.1 Å². The lowest BCUT2D eigenvalue weighted by atomic mass is 9.89. The number of hydrogen-bond donors (Lipinski definition) is 0. The summed E-state index contributed by atoms with van der Waals surface area (Å²) in [5.74, 6) is 0.678. The topological polar surface area (TPSA) is 29.5 Å². The van der Waals surface area contributed by atoms with Gasteiger partial charge in [0, 0.05) is 13.1 Å². The Morgan fingerprint density at radius 1 is 1.53 bits per heavy atom. The monoisotopic (exact) mass is 211 g/mol. The normalized spacial score (nSPS) is 28.7. The van der Waals surface area contributed by atoms with Crippen LogP contribution in [0.2, 0.25) is 0 Å². The fourth-order valence-corrected chi connectivity index (χ4v) is 2.52. The molecule has 0 N–H and O–H groups in total. The largest absolute Gasteiger partial charge is 0.468 e. The van der Waals surface area contributed by atoms with Gasteiger partial charge in [-0.05, 0) is 30.6 Å². The van der Waals surface area contributed by atoms with E-state index in [1.165, 1.54) is 20.0 Å². The van der Waals surface area contributed by atoms with Crippen molar-refractivity contribution < 1.29 is 9.53 Å². The van der Waals surface area contributed by atoms with Crippen LogP contribution in [0.25, 0.3) is 0 Å². The zero-order valence-corrected chi connectivity index (χ0v) is 9.95. The minimum absolute atomic E-state index is 0.0474. The molecule has 1 aliphatic heterocycles. The van der Waals surface area contributed by atoms with Gasteiger partial charge in [0.15, 0.2) is 0 Å². The van der Waals surface area contributed by atoms with Crippen LogP contribution in [-0.2, 0) is 9.53 Å². The number of carbonyl (C=O) groups excluding carboxylic acids is 1. The summed E-state index contributed by atoms with van der Waals surface area (Å²) in [4.78, 5) is 13.7. The van der Waals surface area contributed by atoms with Crippen molar-refractivity contribution in [1.82, 2.24) is 4.90 Å².